The maximum atomic E-state index is 6.24. The SMILES string of the molecule is Clc1ccc(NCCn2cc(Cl)c3ccccc32)cc1. The minimum atomic E-state index is 0.749. The zero-order chi connectivity index (χ0) is 13.9. The van der Waals surface area contributed by atoms with E-state index in [1.165, 1.54) is 0 Å². The monoisotopic (exact) mass is 304 g/mol. The molecule has 0 saturated carbocycles. The second-order valence-electron chi connectivity index (χ2n) is 4.62. The number of nitrogens with zero attached hydrogens (tertiary/aromatic N) is 1. The quantitative estimate of drug-likeness (QED) is 0.713. The number of halogens is 2. The van der Waals surface area contributed by atoms with Gasteiger partial charge in [0, 0.05) is 40.9 Å². The van der Waals surface area contributed by atoms with Crippen LogP contribution in [0.2, 0.25) is 10.0 Å². The second-order valence-corrected chi connectivity index (χ2v) is 5.46. The van der Waals surface area contributed by atoms with Crippen LogP contribution in [0, 0.1) is 0 Å². The smallest absolute Gasteiger partial charge is 0.0661 e. The average Bonchev–Trinajstić information content (AvgIpc) is 2.79. The Bertz CT molecular complexity index is 717. The molecule has 0 fully saturated rings. The number of benzene rings is 2. The van der Waals surface area contributed by atoms with Gasteiger partial charge in [0.25, 0.3) is 0 Å². The first-order valence-electron chi connectivity index (χ1n) is 6.47. The fourth-order valence-corrected chi connectivity index (χ4v) is 2.68. The van der Waals surface area contributed by atoms with E-state index in [1.54, 1.807) is 0 Å². The molecule has 102 valence electrons. The molecule has 0 atom stereocenters. The summed E-state index contributed by atoms with van der Waals surface area (Å²) in [5, 5.41) is 6.02. The molecule has 2 nitrogen and oxygen atoms in total. The number of aromatic nitrogens is 1. The molecule has 20 heavy (non-hydrogen) atoms. The molecule has 0 saturated heterocycles. The Kier molecular flexibility index (Phi) is 3.86. The predicted octanol–water partition coefficient (Wildman–Crippen LogP) is 5.06. The molecule has 0 bridgehead atoms. The van der Waals surface area contributed by atoms with Crippen molar-refractivity contribution in [2.45, 2.75) is 6.54 Å². The zero-order valence-electron chi connectivity index (χ0n) is 10.8. The van der Waals surface area contributed by atoms with Crippen LogP contribution in [0.5, 0.6) is 0 Å². The lowest BCUT2D eigenvalue weighted by molar-refractivity contribution is 0.757. The van der Waals surface area contributed by atoms with E-state index >= 15 is 0 Å². The van der Waals surface area contributed by atoms with Crippen molar-refractivity contribution >= 4 is 39.8 Å². The Morgan fingerprint density at radius 1 is 0.950 bits per heavy atom. The molecule has 0 spiro atoms. The first kappa shape index (κ1) is 13.3. The van der Waals surface area contributed by atoms with Gasteiger partial charge in [-0.15, -0.1) is 0 Å². The topological polar surface area (TPSA) is 17.0 Å². The molecule has 2 aromatic carbocycles. The molecular weight excluding hydrogens is 291 g/mol. The summed E-state index contributed by atoms with van der Waals surface area (Å²) in [5.41, 5.74) is 2.23. The van der Waals surface area contributed by atoms with Gasteiger partial charge in [0.05, 0.1) is 5.02 Å². The largest absolute Gasteiger partial charge is 0.383 e. The minimum absolute atomic E-state index is 0.749. The average molecular weight is 305 g/mol. The number of fused-ring (bicyclic) bond motifs is 1. The molecule has 4 heteroatoms. The van der Waals surface area contributed by atoms with Gasteiger partial charge in [-0.2, -0.15) is 0 Å². The Labute approximate surface area is 127 Å². The first-order valence-corrected chi connectivity index (χ1v) is 7.22. The van der Waals surface area contributed by atoms with Crippen LogP contribution in [-0.4, -0.2) is 11.1 Å². The Balaban J connectivity index is 1.70. The van der Waals surface area contributed by atoms with Crippen molar-refractivity contribution in [1.29, 1.82) is 0 Å². The van der Waals surface area contributed by atoms with Crippen LogP contribution in [-0.2, 0) is 6.54 Å². The lowest BCUT2D eigenvalue weighted by atomic mass is 10.2. The van der Waals surface area contributed by atoms with Gasteiger partial charge in [-0.05, 0) is 30.3 Å². The standard InChI is InChI=1S/C16H14Cl2N2/c17-12-5-7-13(8-6-12)19-9-10-20-11-15(18)14-3-1-2-4-16(14)20/h1-8,11,19H,9-10H2. The normalized spacial score (nSPS) is 10.9. The van der Waals surface area contributed by atoms with Crippen LogP contribution in [0.25, 0.3) is 10.9 Å². The van der Waals surface area contributed by atoms with Crippen LogP contribution < -0.4 is 5.32 Å². The molecule has 0 aliphatic rings. The minimum Gasteiger partial charge on any atom is -0.383 e. The van der Waals surface area contributed by atoms with Crippen molar-refractivity contribution in [1.82, 2.24) is 4.57 Å². The van der Waals surface area contributed by atoms with Gasteiger partial charge >= 0.3 is 0 Å². The highest BCUT2D eigenvalue weighted by molar-refractivity contribution is 6.35. The van der Waals surface area contributed by atoms with Gasteiger partial charge in [0.2, 0.25) is 0 Å². The van der Waals surface area contributed by atoms with Crippen LogP contribution >= 0.6 is 23.2 Å². The summed E-state index contributed by atoms with van der Waals surface area (Å²) in [6.07, 6.45) is 1.98. The van der Waals surface area contributed by atoms with E-state index < -0.39 is 0 Å². The van der Waals surface area contributed by atoms with Crippen LogP contribution in [0.3, 0.4) is 0 Å². The summed E-state index contributed by atoms with van der Waals surface area (Å²) in [4.78, 5) is 0. The molecule has 3 aromatic rings. The van der Waals surface area contributed by atoms with Crippen molar-refractivity contribution in [2.75, 3.05) is 11.9 Å². The fraction of sp³-hybridized carbons (Fsp3) is 0.125. The van der Waals surface area contributed by atoms with Gasteiger partial charge in [-0.25, -0.2) is 0 Å². The number of para-hydroxylation sites is 1. The number of hydrogen-bond acceptors (Lipinski definition) is 1. The van der Waals surface area contributed by atoms with E-state index in [4.69, 9.17) is 23.2 Å². The van der Waals surface area contributed by atoms with E-state index in [2.05, 4.69) is 16.0 Å². The van der Waals surface area contributed by atoms with E-state index in [1.807, 2.05) is 48.7 Å². The lowest BCUT2D eigenvalue weighted by Crippen LogP contribution is -2.09. The van der Waals surface area contributed by atoms with Crippen molar-refractivity contribution in [2.24, 2.45) is 0 Å². The molecule has 1 aromatic heterocycles. The fourth-order valence-electron chi connectivity index (χ4n) is 2.28. The predicted molar refractivity (Wildman–Crippen MR) is 86.9 cm³/mol. The Morgan fingerprint density at radius 3 is 2.50 bits per heavy atom. The Morgan fingerprint density at radius 2 is 1.70 bits per heavy atom. The molecule has 0 unspecified atom stereocenters. The number of nitrogens with one attached hydrogen (secondary N) is 1. The van der Waals surface area contributed by atoms with Gasteiger partial charge < -0.3 is 9.88 Å². The summed E-state index contributed by atoms with van der Waals surface area (Å²) in [6.45, 7) is 1.69. The van der Waals surface area contributed by atoms with Crippen molar-refractivity contribution < 1.29 is 0 Å². The number of rotatable bonds is 4. The molecule has 0 aliphatic carbocycles. The summed E-state index contributed by atoms with van der Waals surface area (Å²) < 4.78 is 2.17. The third-order valence-electron chi connectivity index (χ3n) is 3.27. The van der Waals surface area contributed by atoms with Crippen LogP contribution in [0.1, 0.15) is 0 Å². The Hall–Kier alpha value is -1.64. The highest BCUT2D eigenvalue weighted by Gasteiger charge is 2.05. The van der Waals surface area contributed by atoms with E-state index in [9.17, 15) is 0 Å². The molecule has 0 radical (unpaired) electrons. The van der Waals surface area contributed by atoms with E-state index in [0.29, 0.717) is 0 Å². The van der Waals surface area contributed by atoms with Crippen molar-refractivity contribution in [3.8, 4) is 0 Å². The first-order chi connectivity index (χ1) is 9.74. The summed E-state index contributed by atoms with van der Waals surface area (Å²) in [6, 6.07) is 15.9. The highest BCUT2D eigenvalue weighted by atomic mass is 35.5. The summed E-state index contributed by atoms with van der Waals surface area (Å²) >= 11 is 12.1. The molecule has 3 rings (SSSR count). The van der Waals surface area contributed by atoms with Crippen LogP contribution in [0.15, 0.2) is 54.7 Å². The summed E-state index contributed by atoms with van der Waals surface area (Å²) in [7, 11) is 0. The second kappa shape index (κ2) is 5.78. The van der Waals surface area contributed by atoms with E-state index in [0.717, 1.165) is 39.7 Å². The van der Waals surface area contributed by atoms with Gasteiger partial charge in [0.1, 0.15) is 0 Å². The maximum absolute atomic E-state index is 6.24. The van der Waals surface area contributed by atoms with Gasteiger partial charge in [-0.3, -0.25) is 0 Å². The zero-order valence-corrected chi connectivity index (χ0v) is 12.3. The molecule has 0 aliphatic heterocycles. The number of hydrogen-bond donors (Lipinski definition) is 1. The van der Waals surface area contributed by atoms with E-state index in [-0.39, 0.29) is 0 Å². The van der Waals surface area contributed by atoms with Crippen LogP contribution in [0.4, 0.5) is 5.69 Å². The molecule has 1 N–H and O–H groups in total. The van der Waals surface area contributed by atoms with Gasteiger partial charge in [0.15, 0.2) is 0 Å². The third kappa shape index (κ3) is 2.77. The number of anilines is 1. The van der Waals surface area contributed by atoms with Crippen molar-refractivity contribution in [3.63, 3.8) is 0 Å². The molecule has 0 amide bonds. The lowest BCUT2D eigenvalue weighted by Gasteiger charge is -2.08. The molecule has 1 heterocycles. The molecular formula is C16H14Cl2N2. The van der Waals surface area contributed by atoms with Crippen molar-refractivity contribution in [3.05, 3.63) is 64.8 Å². The summed E-state index contributed by atoms with van der Waals surface area (Å²) in [5.74, 6) is 0. The highest BCUT2D eigenvalue weighted by Crippen LogP contribution is 2.25. The van der Waals surface area contributed by atoms with Gasteiger partial charge in [-0.1, -0.05) is 41.4 Å². The third-order valence-corrected chi connectivity index (χ3v) is 3.82. The maximum Gasteiger partial charge on any atom is 0.0661 e.